The van der Waals surface area contributed by atoms with Crippen molar-refractivity contribution < 1.29 is 19.2 Å². The third-order valence-electron chi connectivity index (χ3n) is 3.90. The largest absolute Gasteiger partial charge is 0.368 e. The maximum absolute atomic E-state index is 12.3. The molecule has 1 aliphatic rings. The molecule has 0 heterocycles. The lowest BCUT2D eigenvalue weighted by atomic mass is 9.82. The highest BCUT2D eigenvalue weighted by atomic mass is 16.2. The normalized spacial score (nSPS) is 21.1. The third kappa shape index (κ3) is 5.13. The molecule has 7 nitrogen and oxygen atoms in total. The van der Waals surface area contributed by atoms with Gasteiger partial charge in [-0.15, -0.1) is 0 Å². The summed E-state index contributed by atoms with van der Waals surface area (Å²) in [6.45, 7) is 4.92. The number of hydrogen-bond acceptors (Lipinski definition) is 4. The van der Waals surface area contributed by atoms with Crippen LogP contribution in [-0.4, -0.2) is 35.6 Å². The molecule has 3 amide bonds. The van der Waals surface area contributed by atoms with Crippen molar-refractivity contribution in [3.63, 3.8) is 0 Å². The van der Waals surface area contributed by atoms with Gasteiger partial charge in [0, 0.05) is 19.8 Å². The lowest BCUT2D eigenvalue weighted by molar-refractivity contribution is -0.133. The van der Waals surface area contributed by atoms with Crippen LogP contribution in [0.15, 0.2) is 0 Å². The van der Waals surface area contributed by atoms with Crippen LogP contribution in [0.2, 0.25) is 0 Å². The topological polar surface area (TPSA) is 118 Å². The number of carbonyl (C=O) groups is 4. The standard InChI is InChI=1S/C15H25N3O4/c1-8(2)12(17-9(3)19)15(22)18-13(14(16)21)10-5-4-6-11(20)7-10/h8,10,12-13H,4-7H2,1-3H3,(H2,16,21)(H,17,19)(H,18,22)/t10-,12-,13+/m1/s1. The Labute approximate surface area is 130 Å². The van der Waals surface area contributed by atoms with Gasteiger partial charge in [-0.3, -0.25) is 19.2 Å². The van der Waals surface area contributed by atoms with Gasteiger partial charge in [-0.1, -0.05) is 13.8 Å². The van der Waals surface area contributed by atoms with Crippen LogP contribution in [0.5, 0.6) is 0 Å². The van der Waals surface area contributed by atoms with Gasteiger partial charge in [0.2, 0.25) is 17.7 Å². The Balaban J connectivity index is 2.80. The minimum Gasteiger partial charge on any atom is -0.368 e. The van der Waals surface area contributed by atoms with E-state index in [1.165, 1.54) is 6.92 Å². The van der Waals surface area contributed by atoms with Crippen LogP contribution in [0.1, 0.15) is 46.5 Å². The van der Waals surface area contributed by atoms with Crippen LogP contribution >= 0.6 is 0 Å². The summed E-state index contributed by atoms with van der Waals surface area (Å²) in [4.78, 5) is 46.8. The molecule has 0 spiro atoms. The highest BCUT2D eigenvalue weighted by Crippen LogP contribution is 2.24. The molecule has 1 saturated carbocycles. The van der Waals surface area contributed by atoms with Crippen LogP contribution in [0.25, 0.3) is 0 Å². The molecule has 4 N–H and O–H groups in total. The molecule has 3 atom stereocenters. The monoisotopic (exact) mass is 311 g/mol. The lowest BCUT2D eigenvalue weighted by Crippen LogP contribution is -2.57. The van der Waals surface area contributed by atoms with Crippen LogP contribution in [0.4, 0.5) is 0 Å². The van der Waals surface area contributed by atoms with Crippen molar-refractivity contribution in [1.29, 1.82) is 0 Å². The molecule has 0 radical (unpaired) electrons. The minimum atomic E-state index is -0.883. The lowest BCUT2D eigenvalue weighted by Gasteiger charge is -2.30. The van der Waals surface area contributed by atoms with E-state index in [0.717, 1.165) is 0 Å². The summed E-state index contributed by atoms with van der Waals surface area (Å²) in [7, 11) is 0. The number of primary amides is 1. The van der Waals surface area contributed by atoms with E-state index in [4.69, 9.17) is 5.73 Å². The van der Waals surface area contributed by atoms with Gasteiger partial charge in [0.15, 0.2) is 0 Å². The van der Waals surface area contributed by atoms with Gasteiger partial charge in [-0.25, -0.2) is 0 Å². The first-order valence-electron chi connectivity index (χ1n) is 7.60. The van der Waals surface area contributed by atoms with E-state index in [0.29, 0.717) is 19.3 Å². The van der Waals surface area contributed by atoms with Crippen molar-refractivity contribution in [3.8, 4) is 0 Å². The number of amides is 3. The van der Waals surface area contributed by atoms with E-state index < -0.39 is 23.9 Å². The maximum Gasteiger partial charge on any atom is 0.243 e. The zero-order chi connectivity index (χ0) is 16.9. The summed E-state index contributed by atoms with van der Waals surface area (Å²) in [5, 5.41) is 5.18. The van der Waals surface area contributed by atoms with Gasteiger partial charge < -0.3 is 16.4 Å². The van der Waals surface area contributed by atoms with E-state index in [-0.39, 0.29) is 29.9 Å². The second kappa shape index (κ2) is 7.91. The van der Waals surface area contributed by atoms with E-state index >= 15 is 0 Å². The average Bonchev–Trinajstić information content (AvgIpc) is 2.41. The van der Waals surface area contributed by atoms with E-state index in [1.807, 2.05) is 0 Å². The van der Waals surface area contributed by atoms with Crippen molar-refractivity contribution >= 4 is 23.5 Å². The highest BCUT2D eigenvalue weighted by Gasteiger charge is 2.34. The molecule has 1 aliphatic carbocycles. The second-order valence-electron chi connectivity index (χ2n) is 6.21. The van der Waals surface area contributed by atoms with Gasteiger partial charge in [0.25, 0.3) is 0 Å². The first-order chi connectivity index (χ1) is 10.2. The molecule has 1 fully saturated rings. The minimum absolute atomic E-state index is 0.0824. The average molecular weight is 311 g/mol. The smallest absolute Gasteiger partial charge is 0.243 e. The fourth-order valence-electron chi connectivity index (χ4n) is 2.76. The van der Waals surface area contributed by atoms with Gasteiger partial charge in [0.1, 0.15) is 17.9 Å². The Hall–Kier alpha value is -1.92. The summed E-state index contributed by atoms with van der Waals surface area (Å²) < 4.78 is 0. The van der Waals surface area contributed by atoms with Crippen molar-refractivity contribution in [3.05, 3.63) is 0 Å². The number of hydrogen-bond donors (Lipinski definition) is 3. The number of carbonyl (C=O) groups excluding carboxylic acids is 4. The summed E-state index contributed by atoms with van der Waals surface area (Å²) in [5.74, 6) is -1.75. The Bertz CT molecular complexity index is 462. The Morgan fingerprint density at radius 3 is 2.32 bits per heavy atom. The number of nitrogens with one attached hydrogen (secondary N) is 2. The summed E-state index contributed by atoms with van der Waals surface area (Å²) in [5.41, 5.74) is 5.39. The Kier molecular flexibility index (Phi) is 6.52. The molecule has 7 heteroatoms. The van der Waals surface area contributed by atoms with Crippen molar-refractivity contribution in [2.45, 2.75) is 58.5 Å². The molecule has 1 rings (SSSR count). The molecule has 0 unspecified atom stereocenters. The van der Waals surface area contributed by atoms with Crippen molar-refractivity contribution in [2.75, 3.05) is 0 Å². The maximum atomic E-state index is 12.3. The van der Waals surface area contributed by atoms with E-state index in [1.54, 1.807) is 13.8 Å². The van der Waals surface area contributed by atoms with Crippen LogP contribution in [0, 0.1) is 11.8 Å². The number of rotatable bonds is 6. The van der Waals surface area contributed by atoms with Crippen LogP contribution in [0.3, 0.4) is 0 Å². The molecule has 0 saturated heterocycles. The van der Waals surface area contributed by atoms with Gasteiger partial charge in [-0.2, -0.15) is 0 Å². The number of nitrogens with two attached hydrogens (primary N) is 1. The quantitative estimate of drug-likeness (QED) is 0.633. The Morgan fingerprint density at radius 1 is 1.23 bits per heavy atom. The van der Waals surface area contributed by atoms with Gasteiger partial charge in [0.05, 0.1) is 0 Å². The molecule has 22 heavy (non-hydrogen) atoms. The summed E-state index contributed by atoms with van der Waals surface area (Å²) in [6, 6.07) is -1.62. The van der Waals surface area contributed by atoms with Crippen molar-refractivity contribution in [1.82, 2.24) is 10.6 Å². The van der Waals surface area contributed by atoms with E-state index in [9.17, 15) is 19.2 Å². The van der Waals surface area contributed by atoms with Crippen LogP contribution < -0.4 is 16.4 Å². The highest BCUT2D eigenvalue weighted by molar-refractivity contribution is 5.92. The number of ketones is 1. The van der Waals surface area contributed by atoms with Gasteiger partial charge in [-0.05, 0) is 24.7 Å². The van der Waals surface area contributed by atoms with Crippen molar-refractivity contribution in [2.24, 2.45) is 17.6 Å². The SMILES string of the molecule is CC(=O)N[C@@H](C(=O)N[C@H](C(N)=O)[C@@H]1CCCC(=O)C1)C(C)C. The fraction of sp³-hybridized carbons (Fsp3) is 0.733. The summed E-state index contributed by atoms with van der Waals surface area (Å²) >= 11 is 0. The molecule has 0 aromatic rings. The molecular weight excluding hydrogens is 286 g/mol. The zero-order valence-corrected chi connectivity index (χ0v) is 13.3. The molecule has 0 bridgehead atoms. The second-order valence-corrected chi connectivity index (χ2v) is 6.21. The summed E-state index contributed by atoms with van der Waals surface area (Å²) in [6.07, 6.45) is 2.13. The molecule has 124 valence electrons. The molecule has 0 aromatic carbocycles. The molecular formula is C15H25N3O4. The van der Waals surface area contributed by atoms with E-state index in [2.05, 4.69) is 10.6 Å². The number of Topliss-reactive ketones (excluding diaryl/α,β-unsaturated/α-hetero) is 1. The fourth-order valence-corrected chi connectivity index (χ4v) is 2.76. The van der Waals surface area contributed by atoms with Gasteiger partial charge >= 0.3 is 0 Å². The molecule has 0 aromatic heterocycles. The predicted octanol–water partition coefficient (Wildman–Crippen LogP) is -0.124. The molecule has 0 aliphatic heterocycles. The first kappa shape index (κ1) is 18.1. The predicted molar refractivity (Wildman–Crippen MR) is 80.5 cm³/mol. The van der Waals surface area contributed by atoms with Crippen LogP contribution in [-0.2, 0) is 19.2 Å². The third-order valence-corrected chi connectivity index (χ3v) is 3.90. The Morgan fingerprint density at radius 2 is 1.86 bits per heavy atom. The zero-order valence-electron chi connectivity index (χ0n) is 13.3. The first-order valence-corrected chi connectivity index (χ1v) is 7.60.